The van der Waals surface area contributed by atoms with Crippen LogP contribution in [0.3, 0.4) is 0 Å². The van der Waals surface area contributed by atoms with Crippen LogP contribution < -0.4 is 15.0 Å². The fourth-order valence-corrected chi connectivity index (χ4v) is 3.81. The summed E-state index contributed by atoms with van der Waals surface area (Å²) in [5.74, 6) is 1.52. The Kier molecular flexibility index (Phi) is 5.86. The molecule has 2 aromatic carbocycles. The van der Waals surface area contributed by atoms with Gasteiger partial charge in [0, 0.05) is 20.6 Å². The number of rotatable bonds is 7. The number of likely N-dealkylation sites (N-methyl/N-ethyl adjacent to an activating group) is 1. The molecular formula is C24H28N6O. The van der Waals surface area contributed by atoms with Gasteiger partial charge in [0.05, 0.1) is 16.8 Å². The maximum Gasteiger partial charge on any atom is 0.179 e. The third kappa shape index (κ3) is 3.96. The molecule has 2 aromatic heterocycles. The Hall–Kier alpha value is -3.45. The van der Waals surface area contributed by atoms with Crippen LogP contribution in [0, 0.1) is 13.8 Å². The van der Waals surface area contributed by atoms with Crippen LogP contribution in [0.15, 0.2) is 54.6 Å². The van der Waals surface area contributed by atoms with Gasteiger partial charge < -0.3 is 15.0 Å². The zero-order valence-corrected chi connectivity index (χ0v) is 18.6. The number of hydrogen-bond acceptors (Lipinski definition) is 6. The predicted molar refractivity (Wildman–Crippen MR) is 124 cm³/mol. The molecule has 1 unspecified atom stereocenters. The molecule has 0 bridgehead atoms. The summed E-state index contributed by atoms with van der Waals surface area (Å²) in [5, 5.41) is 17.9. The van der Waals surface area contributed by atoms with Crippen LogP contribution in [-0.4, -0.2) is 47.7 Å². The van der Waals surface area contributed by atoms with Gasteiger partial charge in [0.15, 0.2) is 5.82 Å². The summed E-state index contributed by atoms with van der Waals surface area (Å²) in [5.41, 5.74) is 4.71. The van der Waals surface area contributed by atoms with Crippen molar-refractivity contribution in [3.05, 3.63) is 71.5 Å². The van der Waals surface area contributed by atoms with Gasteiger partial charge in [-0.15, -0.1) is 5.10 Å². The molecule has 31 heavy (non-hydrogen) atoms. The van der Waals surface area contributed by atoms with Crippen molar-refractivity contribution < 1.29 is 4.74 Å². The van der Waals surface area contributed by atoms with Crippen molar-refractivity contribution in [1.29, 1.82) is 0 Å². The summed E-state index contributed by atoms with van der Waals surface area (Å²) in [7, 11) is 5.83. The number of benzene rings is 2. The van der Waals surface area contributed by atoms with E-state index in [9.17, 15) is 0 Å². The first-order chi connectivity index (χ1) is 15.0. The molecule has 0 aliphatic rings. The standard InChI is InChI=1S/C24H28N6O/c1-16-22-17(2)30(28-23(22)24(27-26-16)29(4)5)19-13-9-10-14-20(19)31-21(15-25-3)18-11-7-6-8-12-18/h6-14,21,25H,15H2,1-5H3. The van der Waals surface area contributed by atoms with E-state index in [2.05, 4.69) is 34.6 Å². The van der Waals surface area contributed by atoms with E-state index in [0.29, 0.717) is 6.54 Å². The van der Waals surface area contributed by atoms with Gasteiger partial charge in [-0.25, -0.2) is 4.68 Å². The first-order valence-corrected chi connectivity index (χ1v) is 10.4. The van der Waals surface area contributed by atoms with Crippen LogP contribution >= 0.6 is 0 Å². The van der Waals surface area contributed by atoms with E-state index in [1.54, 1.807) is 0 Å². The predicted octanol–water partition coefficient (Wildman–Crippen LogP) is 3.84. The van der Waals surface area contributed by atoms with Crippen LogP contribution in [0.2, 0.25) is 0 Å². The highest BCUT2D eigenvalue weighted by Crippen LogP contribution is 2.33. The average Bonchev–Trinajstić information content (AvgIpc) is 3.12. The van der Waals surface area contributed by atoms with Crippen molar-refractivity contribution in [2.75, 3.05) is 32.6 Å². The molecule has 7 heteroatoms. The maximum atomic E-state index is 6.52. The van der Waals surface area contributed by atoms with E-state index in [-0.39, 0.29) is 6.10 Å². The van der Waals surface area contributed by atoms with E-state index >= 15 is 0 Å². The number of nitrogens with zero attached hydrogens (tertiary/aromatic N) is 5. The normalized spacial score (nSPS) is 12.2. The minimum atomic E-state index is -0.125. The molecule has 2 heterocycles. The second kappa shape index (κ2) is 8.73. The first-order valence-electron chi connectivity index (χ1n) is 10.4. The molecule has 0 aliphatic carbocycles. The lowest BCUT2D eigenvalue weighted by Gasteiger charge is -2.21. The Balaban J connectivity index is 1.82. The summed E-state index contributed by atoms with van der Waals surface area (Å²) < 4.78 is 8.46. The average molecular weight is 417 g/mol. The fraction of sp³-hybridized carbons (Fsp3) is 0.292. The molecule has 0 aliphatic heterocycles. The highest BCUT2D eigenvalue weighted by Gasteiger charge is 2.21. The van der Waals surface area contributed by atoms with Crippen molar-refractivity contribution in [3.8, 4) is 11.4 Å². The van der Waals surface area contributed by atoms with Gasteiger partial charge in [-0.05, 0) is 38.6 Å². The summed E-state index contributed by atoms with van der Waals surface area (Å²) >= 11 is 0. The van der Waals surface area contributed by atoms with Crippen molar-refractivity contribution in [2.45, 2.75) is 20.0 Å². The molecule has 4 aromatic rings. The highest BCUT2D eigenvalue weighted by molar-refractivity contribution is 5.92. The Bertz CT molecular complexity index is 1190. The first kappa shape index (κ1) is 20.8. The van der Waals surface area contributed by atoms with E-state index in [4.69, 9.17) is 9.84 Å². The minimum Gasteiger partial charge on any atom is -0.482 e. The number of anilines is 1. The summed E-state index contributed by atoms with van der Waals surface area (Å²) in [6, 6.07) is 18.2. The third-order valence-electron chi connectivity index (χ3n) is 5.33. The Morgan fingerprint density at radius 2 is 1.71 bits per heavy atom. The monoisotopic (exact) mass is 416 g/mol. The van der Waals surface area contributed by atoms with Crippen LogP contribution in [0.1, 0.15) is 23.1 Å². The van der Waals surface area contributed by atoms with Crippen molar-refractivity contribution in [1.82, 2.24) is 25.3 Å². The zero-order valence-electron chi connectivity index (χ0n) is 18.6. The lowest BCUT2D eigenvalue weighted by Crippen LogP contribution is -2.22. The van der Waals surface area contributed by atoms with Crippen LogP contribution in [0.25, 0.3) is 16.6 Å². The van der Waals surface area contributed by atoms with Crippen molar-refractivity contribution in [2.24, 2.45) is 0 Å². The summed E-state index contributed by atoms with van der Waals surface area (Å²) in [6.07, 6.45) is -0.125. The van der Waals surface area contributed by atoms with Crippen LogP contribution in [0.4, 0.5) is 5.82 Å². The summed E-state index contributed by atoms with van der Waals surface area (Å²) in [6.45, 7) is 4.72. The molecule has 1 N–H and O–H groups in total. The summed E-state index contributed by atoms with van der Waals surface area (Å²) in [4.78, 5) is 1.94. The van der Waals surface area contributed by atoms with Gasteiger partial charge in [-0.1, -0.05) is 42.5 Å². The minimum absolute atomic E-state index is 0.125. The SMILES string of the molecule is CNCC(Oc1ccccc1-n1nc2c(N(C)C)nnc(C)c2c1C)c1ccccc1. The molecule has 4 rings (SSSR count). The topological polar surface area (TPSA) is 68.1 Å². The number of ether oxygens (including phenoxy) is 1. The van der Waals surface area contributed by atoms with Gasteiger partial charge in [-0.2, -0.15) is 10.2 Å². The highest BCUT2D eigenvalue weighted by atomic mass is 16.5. The number of hydrogen-bond donors (Lipinski definition) is 1. The Labute approximate surface area is 182 Å². The molecule has 0 amide bonds. The van der Waals surface area contributed by atoms with E-state index < -0.39 is 0 Å². The fourth-order valence-electron chi connectivity index (χ4n) is 3.81. The van der Waals surface area contributed by atoms with Crippen molar-refractivity contribution >= 4 is 16.7 Å². The second-order valence-corrected chi connectivity index (χ2v) is 7.77. The largest absolute Gasteiger partial charge is 0.482 e. The lowest BCUT2D eigenvalue weighted by atomic mass is 10.1. The molecule has 0 radical (unpaired) electrons. The van der Waals surface area contributed by atoms with Crippen LogP contribution in [-0.2, 0) is 0 Å². The molecule has 0 spiro atoms. The smallest absolute Gasteiger partial charge is 0.179 e. The third-order valence-corrected chi connectivity index (χ3v) is 5.33. The van der Waals surface area contributed by atoms with Gasteiger partial charge in [0.2, 0.25) is 0 Å². The molecule has 0 saturated heterocycles. The molecule has 0 saturated carbocycles. The quantitative estimate of drug-likeness (QED) is 0.494. The van der Waals surface area contributed by atoms with Gasteiger partial charge in [0.25, 0.3) is 0 Å². The van der Waals surface area contributed by atoms with E-state index in [0.717, 1.165) is 45.1 Å². The number of aryl methyl sites for hydroxylation is 2. The number of para-hydroxylation sites is 2. The van der Waals surface area contributed by atoms with Gasteiger partial charge in [0.1, 0.15) is 23.1 Å². The Morgan fingerprint density at radius 3 is 2.42 bits per heavy atom. The van der Waals surface area contributed by atoms with Crippen molar-refractivity contribution in [3.63, 3.8) is 0 Å². The number of aromatic nitrogens is 4. The zero-order chi connectivity index (χ0) is 22.0. The molecule has 0 fully saturated rings. The lowest BCUT2D eigenvalue weighted by molar-refractivity contribution is 0.204. The Morgan fingerprint density at radius 1 is 1.00 bits per heavy atom. The molecule has 1 atom stereocenters. The second-order valence-electron chi connectivity index (χ2n) is 7.77. The maximum absolute atomic E-state index is 6.52. The number of fused-ring (bicyclic) bond motifs is 1. The van der Waals surface area contributed by atoms with E-state index in [1.807, 2.05) is 80.1 Å². The van der Waals surface area contributed by atoms with Gasteiger partial charge >= 0.3 is 0 Å². The van der Waals surface area contributed by atoms with Gasteiger partial charge in [-0.3, -0.25) is 0 Å². The molecule has 160 valence electrons. The van der Waals surface area contributed by atoms with E-state index in [1.165, 1.54) is 0 Å². The molecular weight excluding hydrogens is 388 g/mol. The number of nitrogens with one attached hydrogen (secondary N) is 1. The van der Waals surface area contributed by atoms with Crippen LogP contribution in [0.5, 0.6) is 5.75 Å². The molecule has 7 nitrogen and oxygen atoms in total.